The van der Waals surface area contributed by atoms with Gasteiger partial charge in [0.1, 0.15) is 0 Å². The highest BCUT2D eigenvalue weighted by molar-refractivity contribution is 7.54. The van der Waals surface area contributed by atoms with Crippen molar-refractivity contribution in [2.24, 2.45) is 0 Å². The molecular weight excluding hydrogens is 277 g/mol. The zero-order valence-electron chi connectivity index (χ0n) is 10.8. The smallest absolute Gasteiger partial charge is 0.392 e. The highest BCUT2D eigenvalue weighted by Gasteiger charge is 2.55. The van der Waals surface area contributed by atoms with Crippen LogP contribution in [0.4, 0.5) is 8.78 Å². The summed E-state index contributed by atoms with van der Waals surface area (Å²) < 4.78 is 50.4. The van der Waals surface area contributed by atoms with Gasteiger partial charge in [-0.05, 0) is 19.4 Å². The summed E-state index contributed by atoms with van der Waals surface area (Å²) in [5.74, 6) is 0. The van der Waals surface area contributed by atoms with Gasteiger partial charge in [0.25, 0.3) is 0 Å². The molecule has 1 aromatic carbocycles. The molecule has 0 aliphatic carbocycles. The van der Waals surface area contributed by atoms with Gasteiger partial charge in [-0.2, -0.15) is 8.78 Å². The highest BCUT2D eigenvalue weighted by atomic mass is 31.2. The summed E-state index contributed by atoms with van der Waals surface area (Å²) in [7, 11) is -4.63. The fourth-order valence-electron chi connectivity index (χ4n) is 1.64. The van der Waals surface area contributed by atoms with Crippen molar-refractivity contribution in [2.45, 2.75) is 26.1 Å². The second-order valence-corrected chi connectivity index (χ2v) is 5.76. The van der Waals surface area contributed by atoms with E-state index in [1.54, 1.807) is 0 Å². The molecule has 0 bridgehead atoms. The minimum absolute atomic E-state index is 0.00729. The fourth-order valence-corrected chi connectivity index (χ4v) is 3.23. The molecule has 1 N–H and O–H groups in total. The van der Waals surface area contributed by atoms with E-state index in [0.29, 0.717) is 0 Å². The van der Waals surface area contributed by atoms with Crippen LogP contribution in [0.25, 0.3) is 0 Å². The van der Waals surface area contributed by atoms with Gasteiger partial charge in [-0.3, -0.25) is 4.57 Å². The average molecular weight is 294 g/mol. The number of halogens is 2. The quantitative estimate of drug-likeness (QED) is 0.782. The van der Waals surface area contributed by atoms with E-state index in [9.17, 15) is 13.3 Å². The zero-order chi connectivity index (χ0) is 14.5. The number of hydrogen-bond acceptors (Lipinski definition) is 4. The van der Waals surface area contributed by atoms with Crippen molar-refractivity contribution in [2.75, 3.05) is 13.2 Å². The Balaban J connectivity index is 3.30. The highest BCUT2D eigenvalue weighted by Crippen LogP contribution is 2.67. The van der Waals surface area contributed by atoms with Gasteiger partial charge in [0, 0.05) is 5.56 Å². The van der Waals surface area contributed by atoms with Gasteiger partial charge in [-0.25, -0.2) is 0 Å². The Bertz CT molecular complexity index is 455. The van der Waals surface area contributed by atoms with Gasteiger partial charge in [0.2, 0.25) is 0 Å². The normalized spacial score (nSPS) is 12.7. The van der Waals surface area contributed by atoms with Gasteiger partial charge < -0.3 is 14.2 Å². The molecule has 0 fully saturated rings. The maximum atomic E-state index is 14.4. The summed E-state index contributed by atoms with van der Waals surface area (Å²) in [5, 5.41) is 9.10. The predicted octanol–water partition coefficient (Wildman–Crippen LogP) is 3.49. The van der Waals surface area contributed by atoms with Crippen LogP contribution < -0.4 is 0 Å². The van der Waals surface area contributed by atoms with Crippen LogP contribution in [0.5, 0.6) is 0 Å². The Kier molecular flexibility index (Phi) is 5.62. The molecule has 7 heteroatoms. The number of benzene rings is 1. The minimum Gasteiger partial charge on any atom is -0.392 e. The van der Waals surface area contributed by atoms with Crippen LogP contribution in [-0.4, -0.2) is 18.3 Å². The van der Waals surface area contributed by atoms with Crippen LogP contribution in [0.1, 0.15) is 25.0 Å². The molecule has 19 heavy (non-hydrogen) atoms. The van der Waals surface area contributed by atoms with Crippen molar-refractivity contribution < 1.29 is 27.5 Å². The van der Waals surface area contributed by atoms with Crippen LogP contribution in [0, 0.1) is 0 Å². The number of aliphatic hydroxyl groups excluding tert-OH is 1. The van der Waals surface area contributed by atoms with Crippen LogP contribution in [0.15, 0.2) is 24.3 Å². The van der Waals surface area contributed by atoms with Gasteiger partial charge in [-0.1, -0.05) is 24.3 Å². The summed E-state index contributed by atoms with van der Waals surface area (Å²) in [6, 6.07) is 5.34. The molecule has 0 unspecified atom stereocenters. The maximum Gasteiger partial charge on any atom is 0.404 e. The summed E-state index contributed by atoms with van der Waals surface area (Å²) >= 11 is 0. The molecule has 1 rings (SSSR count). The average Bonchev–Trinajstić information content (AvgIpc) is 2.39. The molecule has 4 nitrogen and oxygen atoms in total. The Labute approximate surface area is 110 Å². The van der Waals surface area contributed by atoms with Crippen molar-refractivity contribution in [1.29, 1.82) is 0 Å². The molecule has 0 saturated carbocycles. The van der Waals surface area contributed by atoms with E-state index in [1.807, 2.05) is 0 Å². The first-order chi connectivity index (χ1) is 8.93. The van der Waals surface area contributed by atoms with E-state index >= 15 is 0 Å². The molecule has 0 heterocycles. The van der Waals surface area contributed by atoms with E-state index < -0.39 is 25.4 Å². The second kappa shape index (κ2) is 6.57. The number of rotatable bonds is 7. The SMILES string of the molecule is CCOP(=O)(OCC)C(F)(F)c1ccccc1CO. The lowest BCUT2D eigenvalue weighted by Gasteiger charge is -2.27. The molecule has 0 spiro atoms. The molecule has 0 radical (unpaired) electrons. The van der Waals surface area contributed by atoms with E-state index in [2.05, 4.69) is 0 Å². The van der Waals surface area contributed by atoms with E-state index in [1.165, 1.54) is 32.0 Å². The molecule has 1 aromatic rings. The lowest BCUT2D eigenvalue weighted by Crippen LogP contribution is -2.20. The Hall–Kier alpha value is -0.810. The lowest BCUT2D eigenvalue weighted by atomic mass is 10.1. The van der Waals surface area contributed by atoms with E-state index in [-0.39, 0.29) is 18.8 Å². The Morgan fingerprint density at radius 1 is 1.21 bits per heavy atom. The van der Waals surface area contributed by atoms with Crippen molar-refractivity contribution in [3.63, 3.8) is 0 Å². The first-order valence-corrected chi connectivity index (χ1v) is 7.43. The van der Waals surface area contributed by atoms with Gasteiger partial charge in [0.05, 0.1) is 19.8 Å². The van der Waals surface area contributed by atoms with Crippen molar-refractivity contribution >= 4 is 7.60 Å². The third-order valence-corrected chi connectivity index (χ3v) is 4.58. The van der Waals surface area contributed by atoms with Crippen molar-refractivity contribution in [1.82, 2.24) is 0 Å². The number of hydrogen-bond donors (Lipinski definition) is 1. The third kappa shape index (κ3) is 3.20. The molecule has 0 aromatic heterocycles. The molecule has 108 valence electrons. The monoisotopic (exact) mass is 294 g/mol. The minimum atomic E-state index is -4.63. The summed E-state index contributed by atoms with van der Waals surface area (Å²) in [6.07, 6.45) is 0. The number of alkyl halides is 2. The maximum absolute atomic E-state index is 14.4. The zero-order valence-corrected chi connectivity index (χ0v) is 11.7. The van der Waals surface area contributed by atoms with Crippen molar-refractivity contribution in [3.05, 3.63) is 35.4 Å². The first kappa shape index (κ1) is 16.2. The molecule has 0 saturated heterocycles. The standard InChI is InChI=1S/C12H17F2O4P/c1-3-17-19(16,18-4-2)12(13,14)11-8-6-5-7-10(11)9-15/h5-8,15H,3-4,9H2,1-2H3. The largest absolute Gasteiger partial charge is 0.404 e. The molecule has 0 aliphatic heterocycles. The number of aliphatic hydroxyl groups is 1. The Morgan fingerprint density at radius 2 is 1.74 bits per heavy atom. The van der Waals surface area contributed by atoms with Crippen LogP contribution in [0.2, 0.25) is 0 Å². The van der Waals surface area contributed by atoms with Crippen LogP contribution in [0.3, 0.4) is 0 Å². The van der Waals surface area contributed by atoms with Gasteiger partial charge in [0.15, 0.2) is 0 Å². The molecule has 0 atom stereocenters. The summed E-state index contributed by atoms with van der Waals surface area (Å²) in [6.45, 7) is 2.02. The van der Waals surface area contributed by atoms with Gasteiger partial charge in [-0.15, -0.1) is 0 Å². The molecular formula is C12H17F2O4P. The summed E-state index contributed by atoms with van der Waals surface area (Å²) in [5.41, 5.74) is -4.35. The lowest BCUT2D eigenvalue weighted by molar-refractivity contribution is 0.0343. The fraction of sp³-hybridized carbons (Fsp3) is 0.500. The Morgan fingerprint density at radius 3 is 2.21 bits per heavy atom. The van der Waals surface area contributed by atoms with Crippen LogP contribution >= 0.6 is 7.60 Å². The molecule has 0 amide bonds. The third-order valence-electron chi connectivity index (χ3n) is 2.45. The molecule has 0 aliphatic rings. The summed E-state index contributed by atoms with van der Waals surface area (Å²) in [4.78, 5) is 0. The second-order valence-electron chi connectivity index (χ2n) is 3.69. The predicted molar refractivity (Wildman–Crippen MR) is 67.1 cm³/mol. The topological polar surface area (TPSA) is 55.8 Å². The van der Waals surface area contributed by atoms with Crippen molar-refractivity contribution in [3.8, 4) is 0 Å². The van der Waals surface area contributed by atoms with Gasteiger partial charge >= 0.3 is 13.3 Å². The van der Waals surface area contributed by atoms with Crippen LogP contribution in [-0.2, 0) is 25.9 Å². The van der Waals surface area contributed by atoms with E-state index in [0.717, 1.165) is 6.07 Å². The first-order valence-electron chi connectivity index (χ1n) is 5.89. The van der Waals surface area contributed by atoms with E-state index in [4.69, 9.17) is 14.2 Å².